The zero-order valence-electron chi connectivity index (χ0n) is 14.5. The molecule has 134 valence electrons. The Morgan fingerprint density at radius 2 is 2.12 bits per heavy atom. The van der Waals surface area contributed by atoms with Crippen LogP contribution in [0.2, 0.25) is 0 Å². The Morgan fingerprint density at radius 1 is 1.31 bits per heavy atom. The molecule has 4 rings (SSSR count). The molecule has 3 aromatic rings. The van der Waals surface area contributed by atoms with E-state index in [1.165, 1.54) is 23.9 Å². The van der Waals surface area contributed by atoms with Crippen molar-refractivity contribution in [2.75, 3.05) is 0 Å². The minimum Gasteiger partial charge on any atom is -0.469 e. The lowest BCUT2D eigenvalue weighted by molar-refractivity contribution is 0.0932. The van der Waals surface area contributed by atoms with Gasteiger partial charge < -0.3 is 9.73 Å². The molecule has 3 heterocycles. The number of aromatic nitrogens is 3. The van der Waals surface area contributed by atoms with Crippen LogP contribution in [0.4, 0.5) is 0 Å². The van der Waals surface area contributed by atoms with Gasteiger partial charge in [0.1, 0.15) is 11.4 Å². The highest BCUT2D eigenvalue weighted by molar-refractivity contribution is 5.97. The van der Waals surface area contributed by atoms with Crippen LogP contribution in [0.1, 0.15) is 40.6 Å². The lowest BCUT2D eigenvalue weighted by atomic mass is 9.93. The molecule has 0 aliphatic heterocycles. The molecule has 1 aliphatic carbocycles. The molecule has 1 atom stereocenters. The van der Waals surface area contributed by atoms with Gasteiger partial charge in [0.15, 0.2) is 0 Å². The van der Waals surface area contributed by atoms with Crippen molar-refractivity contribution in [3.05, 3.63) is 62.3 Å². The largest absolute Gasteiger partial charge is 0.469 e. The zero-order valence-corrected chi connectivity index (χ0v) is 14.5. The van der Waals surface area contributed by atoms with Crippen molar-refractivity contribution in [2.24, 2.45) is 14.1 Å². The third-order valence-electron chi connectivity index (χ3n) is 4.91. The summed E-state index contributed by atoms with van der Waals surface area (Å²) in [6, 6.07) is 3.24. The second-order valence-electron chi connectivity index (χ2n) is 6.52. The minimum absolute atomic E-state index is 0.122. The first-order valence-electron chi connectivity index (χ1n) is 8.40. The van der Waals surface area contributed by atoms with E-state index in [2.05, 4.69) is 10.3 Å². The first-order valence-corrected chi connectivity index (χ1v) is 8.40. The smallest absolute Gasteiger partial charge is 0.332 e. The van der Waals surface area contributed by atoms with E-state index >= 15 is 0 Å². The molecule has 3 aromatic heterocycles. The van der Waals surface area contributed by atoms with Crippen molar-refractivity contribution in [2.45, 2.75) is 25.3 Å². The highest BCUT2D eigenvalue weighted by Crippen LogP contribution is 2.30. The van der Waals surface area contributed by atoms with Gasteiger partial charge in [0.25, 0.3) is 11.5 Å². The summed E-state index contributed by atoms with van der Waals surface area (Å²) in [5.74, 6) is 0.594. The average molecular weight is 354 g/mol. The average Bonchev–Trinajstić information content (AvgIpc) is 3.14. The number of fused-ring (bicyclic) bond motifs is 2. The van der Waals surface area contributed by atoms with Crippen molar-refractivity contribution in [1.29, 1.82) is 0 Å². The molecule has 0 aromatic carbocycles. The second kappa shape index (κ2) is 5.98. The number of nitrogens with zero attached hydrogens (tertiary/aromatic N) is 3. The molecule has 0 spiro atoms. The van der Waals surface area contributed by atoms with Crippen LogP contribution < -0.4 is 16.6 Å². The number of carbonyl (C=O) groups is 1. The molecule has 26 heavy (non-hydrogen) atoms. The van der Waals surface area contributed by atoms with E-state index in [9.17, 15) is 14.4 Å². The lowest BCUT2D eigenvalue weighted by Gasteiger charge is -2.22. The number of hydrogen-bond donors (Lipinski definition) is 1. The fraction of sp³-hybridized carbons (Fsp3) is 0.333. The predicted molar refractivity (Wildman–Crippen MR) is 94.1 cm³/mol. The third-order valence-corrected chi connectivity index (χ3v) is 4.91. The number of aryl methyl sites for hydroxylation is 2. The summed E-state index contributed by atoms with van der Waals surface area (Å²) in [6.45, 7) is 0. The highest BCUT2D eigenvalue weighted by atomic mass is 16.3. The number of furan rings is 1. The number of pyridine rings is 1. The van der Waals surface area contributed by atoms with Gasteiger partial charge in [-0.25, -0.2) is 9.78 Å². The van der Waals surface area contributed by atoms with Gasteiger partial charge in [-0.1, -0.05) is 0 Å². The number of rotatable bonds is 2. The van der Waals surface area contributed by atoms with E-state index in [-0.39, 0.29) is 28.5 Å². The maximum Gasteiger partial charge on any atom is 0.332 e. The van der Waals surface area contributed by atoms with E-state index in [0.717, 1.165) is 35.2 Å². The Labute approximate surface area is 148 Å². The van der Waals surface area contributed by atoms with Crippen LogP contribution >= 0.6 is 0 Å². The molecule has 1 N–H and O–H groups in total. The topological polar surface area (TPSA) is 99.1 Å². The standard InChI is InChI=1S/C18H18N4O4/c1-21-15-12(17(24)22(2)18(21)25)8-10(9-19-15)16(23)20-13-4-3-5-14-11(13)6-7-26-14/h6-9,13H,3-5H2,1-2H3,(H,20,23). The summed E-state index contributed by atoms with van der Waals surface area (Å²) in [5, 5.41) is 3.22. The fourth-order valence-electron chi connectivity index (χ4n) is 3.47. The molecule has 0 saturated carbocycles. The van der Waals surface area contributed by atoms with E-state index in [4.69, 9.17) is 4.42 Å². The summed E-state index contributed by atoms with van der Waals surface area (Å²) in [6.07, 6.45) is 5.66. The molecule has 0 bridgehead atoms. The number of nitrogens with one attached hydrogen (secondary N) is 1. The van der Waals surface area contributed by atoms with Crippen molar-refractivity contribution in [3.8, 4) is 0 Å². The summed E-state index contributed by atoms with van der Waals surface area (Å²) < 4.78 is 7.74. The van der Waals surface area contributed by atoms with Crippen LogP contribution in [0.5, 0.6) is 0 Å². The van der Waals surface area contributed by atoms with Crippen molar-refractivity contribution in [3.63, 3.8) is 0 Å². The van der Waals surface area contributed by atoms with Gasteiger partial charge in [-0.2, -0.15) is 0 Å². The van der Waals surface area contributed by atoms with Crippen LogP contribution in [0.15, 0.2) is 38.6 Å². The summed E-state index contributed by atoms with van der Waals surface area (Å²) in [7, 11) is 2.94. The molecule has 1 unspecified atom stereocenters. The fourth-order valence-corrected chi connectivity index (χ4v) is 3.47. The molecule has 0 fully saturated rings. The quantitative estimate of drug-likeness (QED) is 0.741. The van der Waals surface area contributed by atoms with Crippen LogP contribution in [0.25, 0.3) is 11.0 Å². The molecule has 8 nitrogen and oxygen atoms in total. The summed E-state index contributed by atoms with van der Waals surface area (Å²) in [5.41, 5.74) is 0.604. The minimum atomic E-state index is -0.472. The predicted octanol–water partition coefficient (Wildman–Crippen LogP) is 1.03. The molecule has 8 heteroatoms. The maximum atomic E-state index is 12.7. The second-order valence-corrected chi connectivity index (χ2v) is 6.52. The van der Waals surface area contributed by atoms with Gasteiger partial charge in [0.2, 0.25) is 0 Å². The molecular weight excluding hydrogens is 336 g/mol. The Morgan fingerprint density at radius 3 is 2.92 bits per heavy atom. The Balaban J connectivity index is 1.71. The lowest BCUT2D eigenvalue weighted by Crippen LogP contribution is -2.37. The number of amides is 1. The number of hydrogen-bond acceptors (Lipinski definition) is 5. The third kappa shape index (κ3) is 2.45. The van der Waals surface area contributed by atoms with Crippen LogP contribution in [-0.4, -0.2) is 20.0 Å². The van der Waals surface area contributed by atoms with E-state index < -0.39 is 11.2 Å². The summed E-state index contributed by atoms with van der Waals surface area (Å²) >= 11 is 0. The van der Waals surface area contributed by atoms with Gasteiger partial charge >= 0.3 is 5.69 Å². The molecular formula is C18H18N4O4. The van der Waals surface area contributed by atoms with Gasteiger partial charge in [-0.15, -0.1) is 0 Å². The van der Waals surface area contributed by atoms with Crippen molar-refractivity contribution < 1.29 is 9.21 Å². The molecule has 0 radical (unpaired) electrons. The Kier molecular flexibility index (Phi) is 3.75. The monoisotopic (exact) mass is 354 g/mol. The highest BCUT2D eigenvalue weighted by Gasteiger charge is 2.25. The van der Waals surface area contributed by atoms with E-state index in [1.807, 2.05) is 6.07 Å². The van der Waals surface area contributed by atoms with Crippen LogP contribution in [0, 0.1) is 0 Å². The van der Waals surface area contributed by atoms with Crippen molar-refractivity contribution in [1.82, 2.24) is 19.4 Å². The first-order chi connectivity index (χ1) is 12.5. The van der Waals surface area contributed by atoms with E-state index in [0.29, 0.717) is 0 Å². The Bertz CT molecular complexity index is 1140. The van der Waals surface area contributed by atoms with Gasteiger partial charge in [0, 0.05) is 32.3 Å². The van der Waals surface area contributed by atoms with Gasteiger partial charge in [0.05, 0.1) is 23.3 Å². The SMILES string of the molecule is Cn1c(=O)c2cc(C(=O)NC3CCCc4occc43)cnc2n(C)c1=O. The van der Waals surface area contributed by atoms with Crippen LogP contribution in [-0.2, 0) is 20.5 Å². The maximum absolute atomic E-state index is 12.7. The molecule has 1 amide bonds. The first kappa shape index (κ1) is 16.3. The summed E-state index contributed by atoms with van der Waals surface area (Å²) in [4.78, 5) is 41.2. The normalized spacial score (nSPS) is 16.5. The molecule has 1 aliphatic rings. The van der Waals surface area contributed by atoms with E-state index in [1.54, 1.807) is 13.3 Å². The van der Waals surface area contributed by atoms with Gasteiger partial charge in [-0.3, -0.25) is 18.7 Å². The number of carbonyl (C=O) groups excluding carboxylic acids is 1. The van der Waals surface area contributed by atoms with Gasteiger partial charge in [-0.05, 0) is 25.0 Å². The molecule has 0 saturated heterocycles. The van der Waals surface area contributed by atoms with Crippen molar-refractivity contribution >= 4 is 16.9 Å². The Hall–Kier alpha value is -3.16. The van der Waals surface area contributed by atoms with Crippen LogP contribution in [0.3, 0.4) is 0 Å². The zero-order chi connectivity index (χ0) is 18.4.